The third-order valence-corrected chi connectivity index (χ3v) is 5.10. The van der Waals surface area contributed by atoms with E-state index in [1.807, 2.05) is 29.8 Å². The number of pyridine rings is 1. The normalized spacial score (nSPS) is 18.0. The van der Waals surface area contributed by atoms with Crippen molar-refractivity contribution in [2.75, 3.05) is 13.1 Å². The Morgan fingerprint density at radius 1 is 1.43 bits per heavy atom. The summed E-state index contributed by atoms with van der Waals surface area (Å²) in [4.78, 5) is 10.6. The van der Waals surface area contributed by atoms with Gasteiger partial charge in [-0.25, -0.2) is 4.98 Å². The summed E-state index contributed by atoms with van der Waals surface area (Å²) in [5.41, 5.74) is 2.48. The molecule has 1 aliphatic rings. The first kappa shape index (κ1) is 14.7. The van der Waals surface area contributed by atoms with Gasteiger partial charge in [-0.15, -0.1) is 11.3 Å². The Balaban J connectivity index is 1.77. The molecule has 1 N–H and O–H groups in total. The van der Waals surface area contributed by atoms with Gasteiger partial charge in [0.25, 0.3) is 0 Å². The Labute approximate surface area is 130 Å². The van der Waals surface area contributed by atoms with E-state index in [1.165, 1.54) is 29.8 Å². The van der Waals surface area contributed by atoms with E-state index in [4.69, 9.17) is 4.98 Å². The Kier molecular flexibility index (Phi) is 4.66. The smallest absolute Gasteiger partial charge is 0.125 e. The molecule has 0 spiro atoms. The van der Waals surface area contributed by atoms with E-state index < -0.39 is 0 Å². The maximum atomic E-state index is 4.94. The molecular formula is C17H23N3S. The lowest BCUT2D eigenvalue weighted by molar-refractivity contribution is 0.473. The van der Waals surface area contributed by atoms with Crippen molar-refractivity contribution in [1.29, 1.82) is 0 Å². The van der Waals surface area contributed by atoms with Gasteiger partial charge in [-0.1, -0.05) is 13.8 Å². The van der Waals surface area contributed by atoms with Gasteiger partial charge in [0.15, 0.2) is 0 Å². The highest BCUT2D eigenvalue weighted by Crippen LogP contribution is 2.37. The van der Waals surface area contributed by atoms with Gasteiger partial charge in [0.05, 0.1) is 5.69 Å². The zero-order valence-electron chi connectivity index (χ0n) is 12.8. The highest BCUT2D eigenvalue weighted by Gasteiger charge is 2.24. The van der Waals surface area contributed by atoms with E-state index in [9.17, 15) is 0 Å². The molecule has 112 valence electrons. The number of aryl methyl sites for hydroxylation is 1. The number of hydrogen-bond donors (Lipinski definition) is 1. The molecule has 0 aromatic carbocycles. The van der Waals surface area contributed by atoms with Crippen LogP contribution in [-0.4, -0.2) is 23.1 Å². The number of rotatable bonds is 5. The second kappa shape index (κ2) is 6.67. The second-order valence-corrected chi connectivity index (χ2v) is 7.29. The van der Waals surface area contributed by atoms with Gasteiger partial charge in [-0.2, -0.15) is 0 Å². The molecule has 2 heterocycles. The predicted octanol–water partition coefficient (Wildman–Crippen LogP) is 3.87. The van der Waals surface area contributed by atoms with Crippen LogP contribution in [-0.2, 0) is 6.42 Å². The van der Waals surface area contributed by atoms with Crippen LogP contribution >= 0.6 is 11.3 Å². The second-order valence-electron chi connectivity index (χ2n) is 6.21. The molecule has 1 unspecified atom stereocenters. The van der Waals surface area contributed by atoms with E-state index in [0.717, 1.165) is 23.7 Å². The fourth-order valence-corrected chi connectivity index (χ4v) is 4.04. The van der Waals surface area contributed by atoms with Crippen LogP contribution in [0.5, 0.6) is 0 Å². The van der Waals surface area contributed by atoms with Gasteiger partial charge in [-0.3, -0.25) is 4.98 Å². The first-order valence-corrected chi connectivity index (χ1v) is 8.66. The van der Waals surface area contributed by atoms with Gasteiger partial charge in [0, 0.05) is 35.3 Å². The minimum Gasteiger partial charge on any atom is -0.316 e. The summed E-state index contributed by atoms with van der Waals surface area (Å²) in [6, 6.07) is 4.08. The van der Waals surface area contributed by atoms with Crippen molar-refractivity contribution >= 4 is 11.3 Å². The number of thiazole rings is 1. The fourth-order valence-electron chi connectivity index (χ4n) is 2.87. The summed E-state index contributed by atoms with van der Waals surface area (Å²) in [7, 11) is 0. The third-order valence-electron chi connectivity index (χ3n) is 3.92. The summed E-state index contributed by atoms with van der Waals surface area (Å²) in [6.45, 7) is 6.65. The molecule has 0 saturated heterocycles. The van der Waals surface area contributed by atoms with Crippen LogP contribution in [0.3, 0.4) is 0 Å². The molecule has 3 rings (SSSR count). The van der Waals surface area contributed by atoms with Crippen molar-refractivity contribution in [3.05, 3.63) is 35.1 Å². The van der Waals surface area contributed by atoms with Gasteiger partial charge >= 0.3 is 0 Å². The molecule has 0 saturated carbocycles. The maximum Gasteiger partial charge on any atom is 0.125 e. The number of nitrogens with zero attached hydrogens (tertiary/aromatic N) is 2. The van der Waals surface area contributed by atoms with Crippen LogP contribution in [0.4, 0.5) is 0 Å². The quantitative estimate of drug-likeness (QED) is 0.911. The topological polar surface area (TPSA) is 37.8 Å². The highest BCUT2D eigenvalue weighted by molar-refractivity contribution is 7.15. The molecule has 0 amide bonds. The minimum absolute atomic E-state index is 0.578. The first-order valence-electron chi connectivity index (χ1n) is 7.84. The Morgan fingerprint density at radius 2 is 2.33 bits per heavy atom. The van der Waals surface area contributed by atoms with Gasteiger partial charge in [-0.05, 0) is 43.9 Å². The molecule has 1 atom stereocenters. The Morgan fingerprint density at radius 3 is 3.10 bits per heavy atom. The van der Waals surface area contributed by atoms with Crippen molar-refractivity contribution in [1.82, 2.24) is 15.3 Å². The molecule has 1 aliphatic carbocycles. The van der Waals surface area contributed by atoms with Crippen LogP contribution in [0, 0.1) is 5.92 Å². The lowest BCUT2D eigenvalue weighted by Gasteiger charge is -2.22. The van der Waals surface area contributed by atoms with Gasteiger partial charge in [0.2, 0.25) is 0 Å². The number of aromatic nitrogens is 2. The van der Waals surface area contributed by atoms with E-state index in [1.54, 1.807) is 0 Å². The molecule has 0 bridgehead atoms. The van der Waals surface area contributed by atoms with E-state index in [2.05, 4.69) is 30.2 Å². The van der Waals surface area contributed by atoms with Crippen LogP contribution in [0.1, 0.15) is 43.2 Å². The molecule has 0 aliphatic heterocycles. The zero-order chi connectivity index (χ0) is 14.7. The van der Waals surface area contributed by atoms with Crippen LogP contribution in [0.2, 0.25) is 0 Å². The molecule has 21 heavy (non-hydrogen) atoms. The summed E-state index contributed by atoms with van der Waals surface area (Å²) in [5.74, 6) is 1.28. The van der Waals surface area contributed by atoms with Crippen LogP contribution < -0.4 is 5.32 Å². The van der Waals surface area contributed by atoms with Crippen molar-refractivity contribution in [3.63, 3.8) is 0 Å². The van der Waals surface area contributed by atoms with E-state index in [-0.39, 0.29) is 0 Å². The first-order chi connectivity index (χ1) is 10.2. The standard InChI is InChI=1S/C17H23N3S/c1-12(2)9-19-10-13-5-3-7-15-16(13)20-17(21-15)14-6-4-8-18-11-14/h4,6,8,11-13,19H,3,5,7,9-10H2,1-2H3. The Hall–Kier alpha value is -1.26. The molecule has 4 heteroatoms. The van der Waals surface area contributed by atoms with Crippen LogP contribution in [0.15, 0.2) is 24.5 Å². The maximum absolute atomic E-state index is 4.94. The summed E-state index contributed by atoms with van der Waals surface area (Å²) in [5, 5.41) is 4.73. The summed E-state index contributed by atoms with van der Waals surface area (Å²) < 4.78 is 0. The predicted molar refractivity (Wildman–Crippen MR) is 88.7 cm³/mol. The minimum atomic E-state index is 0.578. The number of nitrogens with one attached hydrogen (secondary N) is 1. The van der Waals surface area contributed by atoms with Crippen molar-refractivity contribution < 1.29 is 0 Å². The lowest BCUT2D eigenvalue weighted by atomic mass is 9.91. The molecule has 3 nitrogen and oxygen atoms in total. The monoisotopic (exact) mass is 301 g/mol. The molecule has 0 fully saturated rings. The van der Waals surface area contributed by atoms with E-state index >= 15 is 0 Å². The molecule has 2 aromatic rings. The third kappa shape index (κ3) is 3.50. The molecule has 2 aromatic heterocycles. The average molecular weight is 301 g/mol. The van der Waals surface area contributed by atoms with Crippen molar-refractivity contribution in [2.24, 2.45) is 5.92 Å². The summed E-state index contributed by atoms with van der Waals surface area (Å²) >= 11 is 1.85. The number of fused-ring (bicyclic) bond motifs is 1. The van der Waals surface area contributed by atoms with E-state index in [0.29, 0.717) is 11.8 Å². The highest BCUT2D eigenvalue weighted by atomic mass is 32.1. The fraction of sp³-hybridized carbons (Fsp3) is 0.529. The summed E-state index contributed by atoms with van der Waals surface area (Å²) in [6.07, 6.45) is 7.46. The van der Waals surface area contributed by atoms with Gasteiger partial charge < -0.3 is 5.32 Å². The SMILES string of the molecule is CC(C)CNCC1CCCc2sc(-c3cccnc3)nc21. The number of hydrogen-bond acceptors (Lipinski definition) is 4. The Bertz CT molecular complexity index is 577. The van der Waals surface area contributed by atoms with Gasteiger partial charge in [0.1, 0.15) is 5.01 Å². The molecule has 0 radical (unpaired) electrons. The lowest BCUT2D eigenvalue weighted by Crippen LogP contribution is -2.27. The van der Waals surface area contributed by atoms with Crippen molar-refractivity contribution in [3.8, 4) is 10.6 Å². The largest absolute Gasteiger partial charge is 0.316 e. The van der Waals surface area contributed by atoms with Crippen LogP contribution in [0.25, 0.3) is 10.6 Å². The zero-order valence-corrected chi connectivity index (χ0v) is 13.6. The van der Waals surface area contributed by atoms with Crippen molar-refractivity contribution in [2.45, 2.75) is 39.0 Å². The molecular weight excluding hydrogens is 278 g/mol. The average Bonchev–Trinajstić information content (AvgIpc) is 2.93.